The third kappa shape index (κ3) is 3.81. The maximum Gasteiger partial charge on any atom is 0.131 e. The van der Waals surface area contributed by atoms with Gasteiger partial charge in [-0.15, -0.1) is 0 Å². The summed E-state index contributed by atoms with van der Waals surface area (Å²) in [6, 6.07) is 13.7. The first-order chi connectivity index (χ1) is 17.2. The summed E-state index contributed by atoms with van der Waals surface area (Å²) in [5, 5.41) is 0. The van der Waals surface area contributed by atoms with Gasteiger partial charge in [0, 0.05) is 35.8 Å². The summed E-state index contributed by atoms with van der Waals surface area (Å²) in [5.41, 5.74) is 5.17. The predicted octanol–water partition coefficient (Wildman–Crippen LogP) is 8.89. The fourth-order valence-corrected chi connectivity index (χ4v) is 8.90. The lowest BCUT2D eigenvalue weighted by molar-refractivity contribution is -0.0429. The normalized spacial score (nSPS) is 35.2. The number of fused-ring (bicyclic) bond motifs is 2. The van der Waals surface area contributed by atoms with Crippen LogP contribution in [0.2, 0.25) is 0 Å². The van der Waals surface area contributed by atoms with Gasteiger partial charge in [0.05, 0.1) is 0 Å². The van der Waals surface area contributed by atoms with Crippen molar-refractivity contribution in [2.24, 2.45) is 35.5 Å². The van der Waals surface area contributed by atoms with Crippen LogP contribution in [0.3, 0.4) is 0 Å². The summed E-state index contributed by atoms with van der Waals surface area (Å²) in [6.07, 6.45) is 9.66. The van der Waals surface area contributed by atoms with Crippen LogP contribution in [0.15, 0.2) is 36.4 Å². The third-order valence-electron chi connectivity index (χ3n) is 10.4. The molecule has 0 unspecified atom stereocenters. The van der Waals surface area contributed by atoms with Crippen molar-refractivity contribution < 1.29 is 9.47 Å². The standard InChI is InChI=1S/C34H46O2/c1-21(2)29-15-13-23(5)17-33(29)19-25-9-7-11-27(31(25)35-33)28-12-8-10-26-20-34(36-32(26)28)18-24(6)14-16-30(34)22(3)4/h7-12,21-24,29-30H,13-20H2,1-6H3/t23-,24+,29+,30-,33-,34-/m0/s1. The summed E-state index contributed by atoms with van der Waals surface area (Å²) in [6.45, 7) is 14.4. The molecule has 194 valence electrons. The van der Waals surface area contributed by atoms with Crippen LogP contribution >= 0.6 is 0 Å². The smallest absolute Gasteiger partial charge is 0.131 e. The number of hydrogen-bond acceptors (Lipinski definition) is 2. The second kappa shape index (κ2) is 8.81. The monoisotopic (exact) mass is 486 g/mol. The molecule has 0 amide bonds. The lowest BCUT2D eigenvalue weighted by atomic mass is 9.65. The van der Waals surface area contributed by atoms with Crippen molar-refractivity contribution in [3.05, 3.63) is 47.5 Å². The highest BCUT2D eigenvalue weighted by molar-refractivity contribution is 5.80. The Balaban J connectivity index is 1.39. The lowest BCUT2D eigenvalue weighted by Gasteiger charge is -2.45. The number of ether oxygens (including phenoxy) is 2. The first-order valence-electron chi connectivity index (χ1n) is 14.8. The van der Waals surface area contributed by atoms with Crippen LogP contribution < -0.4 is 9.47 Å². The maximum atomic E-state index is 7.18. The van der Waals surface area contributed by atoms with Crippen LogP contribution in [0.5, 0.6) is 11.5 Å². The van der Waals surface area contributed by atoms with Crippen LogP contribution in [-0.2, 0) is 12.8 Å². The van der Waals surface area contributed by atoms with Gasteiger partial charge in [-0.1, -0.05) is 90.8 Å². The minimum Gasteiger partial charge on any atom is -0.486 e. The Kier molecular flexibility index (Phi) is 5.97. The molecule has 0 saturated heterocycles. The quantitative estimate of drug-likeness (QED) is 0.431. The van der Waals surface area contributed by atoms with Crippen LogP contribution in [0.4, 0.5) is 0 Å². The highest BCUT2D eigenvalue weighted by atomic mass is 16.5. The van der Waals surface area contributed by atoms with Gasteiger partial charge in [-0.3, -0.25) is 0 Å². The van der Waals surface area contributed by atoms with Crippen molar-refractivity contribution >= 4 is 0 Å². The number of hydrogen-bond donors (Lipinski definition) is 0. The van der Waals surface area contributed by atoms with E-state index < -0.39 is 0 Å². The van der Waals surface area contributed by atoms with E-state index in [0.717, 1.165) is 36.2 Å². The van der Waals surface area contributed by atoms with Gasteiger partial charge in [0.1, 0.15) is 22.7 Å². The van der Waals surface area contributed by atoms with Crippen molar-refractivity contribution in [3.8, 4) is 22.6 Å². The van der Waals surface area contributed by atoms with Gasteiger partial charge in [-0.25, -0.2) is 0 Å². The zero-order valence-electron chi connectivity index (χ0n) is 23.4. The maximum absolute atomic E-state index is 7.18. The molecule has 6 rings (SSSR count). The molecule has 0 radical (unpaired) electrons. The molecule has 2 nitrogen and oxygen atoms in total. The van der Waals surface area contributed by atoms with Gasteiger partial charge in [-0.2, -0.15) is 0 Å². The van der Waals surface area contributed by atoms with E-state index in [1.807, 2.05) is 0 Å². The number of para-hydroxylation sites is 2. The van der Waals surface area contributed by atoms with Crippen LogP contribution in [0.25, 0.3) is 11.1 Å². The average molecular weight is 487 g/mol. The van der Waals surface area contributed by atoms with Crippen molar-refractivity contribution in [3.63, 3.8) is 0 Å². The van der Waals surface area contributed by atoms with Gasteiger partial charge in [0.25, 0.3) is 0 Å². The van der Waals surface area contributed by atoms with Crippen molar-refractivity contribution in [2.45, 2.75) is 104 Å². The Morgan fingerprint density at radius 1 is 0.639 bits per heavy atom. The van der Waals surface area contributed by atoms with Crippen LogP contribution in [0, 0.1) is 35.5 Å². The number of rotatable bonds is 3. The van der Waals surface area contributed by atoms with Crippen molar-refractivity contribution in [1.82, 2.24) is 0 Å². The molecule has 4 aliphatic rings. The van der Waals surface area contributed by atoms with Crippen molar-refractivity contribution in [2.75, 3.05) is 0 Å². The largest absolute Gasteiger partial charge is 0.486 e. The highest BCUT2D eigenvalue weighted by Gasteiger charge is 2.52. The summed E-state index contributed by atoms with van der Waals surface area (Å²) >= 11 is 0. The van der Waals surface area contributed by atoms with E-state index in [1.54, 1.807) is 0 Å². The molecular formula is C34H46O2. The fourth-order valence-electron chi connectivity index (χ4n) is 8.90. The van der Waals surface area contributed by atoms with E-state index in [9.17, 15) is 0 Å². The Hall–Kier alpha value is -1.96. The second-order valence-corrected chi connectivity index (χ2v) is 13.7. The molecule has 2 saturated carbocycles. The van der Waals surface area contributed by atoms with E-state index >= 15 is 0 Å². The average Bonchev–Trinajstić information content (AvgIpc) is 3.35. The Bertz CT molecular complexity index is 1040. The zero-order chi connectivity index (χ0) is 25.2. The van der Waals surface area contributed by atoms with E-state index in [4.69, 9.17) is 9.47 Å². The zero-order valence-corrected chi connectivity index (χ0v) is 23.4. The minimum atomic E-state index is -0.0498. The summed E-state index contributed by atoms with van der Waals surface area (Å²) in [5.74, 6) is 6.23. The Morgan fingerprint density at radius 3 is 1.44 bits per heavy atom. The predicted molar refractivity (Wildman–Crippen MR) is 149 cm³/mol. The van der Waals surface area contributed by atoms with Crippen molar-refractivity contribution in [1.29, 1.82) is 0 Å². The van der Waals surface area contributed by atoms with Crippen LogP contribution in [0.1, 0.15) is 91.2 Å². The van der Waals surface area contributed by atoms with Gasteiger partial charge < -0.3 is 9.47 Å². The molecule has 0 N–H and O–H groups in total. The summed E-state index contributed by atoms with van der Waals surface area (Å²) in [7, 11) is 0. The first-order valence-corrected chi connectivity index (χ1v) is 14.8. The topological polar surface area (TPSA) is 18.5 Å². The van der Waals surface area contributed by atoms with E-state index in [1.165, 1.54) is 60.8 Å². The Morgan fingerprint density at radius 2 is 1.06 bits per heavy atom. The molecule has 2 aliphatic heterocycles. The molecule has 2 heteroatoms. The second-order valence-electron chi connectivity index (χ2n) is 13.7. The van der Waals surface area contributed by atoms with Gasteiger partial charge >= 0.3 is 0 Å². The minimum absolute atomic E-state index is 0.0498. The SMILES string of the molecule is CC(C)[C@H]1CC[C@H](C)C[C@]12Cc1cccc(-c3cccc4c3O[C@]3(C4)C[C@H](C)CC[C@H]3C(C)C)c1O2. The van der Waals surface area contributed by atoms with Gasteiger partial charge in [0.2, 0.25) is 0 Å². The summed E-state index contributed by atoms with van der Waals surface area (Å²) in [4.78, 5) is 0. The lowest BCUT2D eigenvalue weighted by Crippen LogP contribution is -2.49. The molecular weight excluding hydrogens is 440 g/mol. The molecule has 2 heterocycles. The van der Waals surface area contributed by atoms with Crippen LogP contribution in [-0.4, -0.2) is 11.2 Å². The molecule has 2 aliphatic carbocycles. The highest BCUT2D eigenvalue weighted by Crippen LogP contribution is 2.56. The van der Waals surface area contributed by atoms with E-state index in [-0.39, 0.29) is 11.2 Å². The molecule has 0 aromatic heterocycles. The van der Waals surface area contributed by atoms with Gasteiger partial charge in [-0.05, 0) is 60.5 Å². The van der Waals surface area contributed by atoms with E-state index in [0.29, 0.717) is 23.7 Å². The summed E-state index contributed by atoms with van der Waals surface area (Å²) < 4.78 is 14.4. The van der Waals surface area contributed by atoms with E-state index in [2.05, 4.69) is 77.9 Å². The van der Waals surface area contributed by atoms with Gasteiger partial charge in [0.15, 0.2) is 0 Å². The molecule has 2 aromatic rings. The fraction of sp³-hybridized carbons (Fsp3) is 0.647. The molecule has 36 heavy (non-hydrogen) atoms. The molecule has 0 bridgehead atoms. The molecule has 2 fully saturated rings. The molecule has 2 spiro atoms. The first kappa shape index (κ1) is 24.4. The molecule has 6 atom stereocenters. The number of benzene rings is 2. The molecule has 2 aromatic carbocycles. The third-order valence-corrected chi connectivity index (χ3v) is 10.4. The Labute approximate surface area is 219 Å².